The fourth-order valence-electron chi connectivity index (χ4n) is 11.4. The van der Waals surface area contributed by atoms with Crippen LogP contribution in [0.4, 0.5) is 0 Å². The Labute approximate surface area is 569 Å². The van der Waals surface area contributed by atoms with Gasteiger partial charge in [-0.3, -0.25) is 4.79 Å². The summed E-state index contributed by atoms with van der Waals surface area (Å²) < 4.78 is 34.3. The van der Waals surface area contributed by atoms with Crippen LogP contribution in [0.2, 0.25) is 0 Å². The number of unbranched alkanes of at least 4 members (excludes halogenated alkanes) is 20. The molecule has 1 amide bonds. The van der Waals surface area contributed by atoms with E-state index in [9.17, 15) is 61.0 Å². The molecule has 3 heterocycles. The minimum atomic E-state index is -1.99. The summed E-state index contributed by atoms with van der Waals surface area (Å²) in [5.74, 6) is -0.301. The van der Waals surface area contributed by atoms with Crippen LogP contribution in [0.3, 0.4) is 0 Å². The summed E-state index contributed by atoms with van der Waals surface area (Å²) >= 11 is 0. The summed E-state index contributed by atoms with van der Waals surface area (Å²) in [5, 5.41) is 121. The summed E-state index contributed by atoms with van der Waals surface area (Å²) in [4.78, 5) is 13.4. The molecule has 544 valence electrons. The molecule has 3 fully saturated rings. The monoisotopic (exact) mass is 1340 g/mol. The maximum Gasteiger partial charge on any atom is 0.220 e. The Morgan fingerprint density at radius 2 is 0.737 bits per heavy atom. The Balaban J connectivity index is 1.42. The molecule has 0 aliphatic carbocycles. The molecule has 95 heavy (non-hydrogen) atoms. The van der Waals surface area contributed by atoms with Crippen molar-refractivity contribution >= 4 is 5.91 Å². The van der Waals surface area contributed by atoms with Crippen LogP contribution in [-0.4, -0.2) is 193 Å². The number of carbonyl (C=O) groups is 1. The van der Waals surface area contributed by atoms with Crippen LogP contribution in [-0.2, 0) is 33.2 Å². The number of hydrogen-bond donors (Lipinski definition) is 12. The highest BCUT2D eigenvalue weighted by Crippen LogP contribution is 2.33. The summed E-state index contributed by atoms with van der Waals surface area (Å²) in [5.41, 5.74) is 0. The van der Waals surface area contributed by atoms with Crippen molar-refractivity contribution in [2.24, 2.45) is 0 Å². The lowest BCUT2D eigenvalue weighted by Crippen LogP contribution is -2.66. The highest BCUT2D eigenvalue weighted by molar-refractivity contribution is 5.76. The minimum Gasteiger partial charge on any atom is -0.394 e. The first kappa shape index (κ1) is 85.4. The fourth-order valence-corrected chi connectivity index (χ4v) is 11.4. The summed E-state index contributed by atoms with van der Waals surface area (Å²) in [6.07, 6.45) is 50.2. The molecule has 0 aromatic rings. The normalized spacial score (nSPS) is 27.9. The molecule has 3 aliphatic heterocycles. The first-order chi connectivity index (χ1) is 46.3. The van der Waals surface area contributed by atoms with E-state index >= 15 is 0 Å². The Morgan fingerprint density at radius 3 is 1.18 bits per heavy atom. The molecule has 0 aromatic carbocycles. The minimum absolute atomic E-state index is 0.216. The van der Waals surface area contributed by atoms with Crippen LogP contribution in [0, 0.1) is 0 Å². The Kier molecular flexibility index (Phi) is 50.3. The van der Waals surface area contributed by atoms with Gasteiger partial charge in [0.15, 0.2) is 18.9 Å². The van der Waals surface area contributed by atoms with Crippen LogP contribution < -0.4 is 5.32 Å². The third kappa shape index (κ3) is 37.3. The first-order valence-electron chi connectivity index (χ1n) is 36.3. The summed E-state index contributed by atoms with van der Waals surface area (Å²) in [7, 11) is 0. The van der Waals surface area contributed by atoms with E-state index in [2.05, 4.69) is 129 Å². The van der Waals surface area contributed by atoms with E-state index in [-0.39, 0.29) is 18.9 Å². The van der Waals surface area contributed by atoms with Crippen molar-refractivity contribution in [1.82, 2.24) is 5.32 Å². The second kappa shape index (κ2) is 56.0. The number of ether oxygens (including phenoxy) is 6. The summed E-state index contributed by atoms with van der Waals surface area (Å²) in [6, 6.07) is -1.01. The number of aliphatic hydroxyl groups is 11. The molecule has 3 aliphatic rings. The molecule has 19 nitrogen and oxygen atoms in total. The number of allylic oxidation sites excluding steroid dienone is 19. The Morgan fingerprint density at radius 1 is 0.389 bits per heavy atom. The molecular formula is C76H127NO18. The standard InChI is InChI=1S/C76H127NO18/c1-3-5-7-9-11-13-15-17-19-21-23-24-25-26-27-28-29-30-31-32-33-34-36-38-40-42-44-46-48-50-52-54-64(82)77-59(60(81)53-51-49-47-45-43-41-39-37-35-22-20-18-16-14-12-10-8-6-4-2)58-90-74-70(88)67(85)72(62(56-79)92-74)95-76-71(89)68(86)73(63(57-80)93-76)94-75-69(87)66(84)65(83)61(55-78)91-75/h5,7,11,13,17,19,23-24,26-27,29-30,32-33,35,37,43,45,51,53,59-63,65-76,78-81,83-89H,3-4,6,8-10,12,14-16,18,20-22,25,28,31,34,36,38-42,44,46-50,52,54-58H2,1-2H3,(H,77,82)/b7-5-,13-11-,19-17-,24-23-,27-26-,30-29-,33-32-,37-35+,45-43+,53-51+. The fraction of sp³-hybridized carbons (Fsp3) is 0.724. The molecule has 12 N–H and O–H groups in total. The van der Waals surface area contributed by atoms with E-state index in [4.69, 9.17) is 28.4 Å². The quantitative estimate of drug-likeness (QED) is 0.0199. The van der Waals surface area contributed by atoms with Gasteiger partial charge in [0.25, 0.3) is 0 Å². The molecule has 17 atom stereocenters. The van der Waals surface area contributed by atoms with E-state index in [1.807, 2.05) is 6.08 Å². The Hall–Kier alpha value is -3.81. The van der Waals surface area contributed by atoms with E-state index in [0.29, 0.717) is 12.8 Å². The topological polar surface area (TPSA) is 307 Å². The van der Waals surface area contributed by atoms with Crippen molar-refractivity contribution in [2.45, 2.75) is 324 Å². The Bertz CT molecular complexity index is 2190. The highest BCUT2D eigenvalue weighted by Gasteiger charge is 2.53. The largest absolute Gasteiger partial charge is 0.394 e. The zero-order chi connectivity index (χ0) is 68.9. The van der Waals surface area contributed by atoms with Gasteiger partial charge in [-0.1, -0.05) is 232 Å². The maximum absolute atomic E-state index is 13.4. The van der Waals surface area contributed by atoms with Gasteiger partial charge in [0, 0.05) is 6.42 Å². The smallest absolute Gasteiger partial charge is 0.220 e. The second-order valence-electron chi connectivity index (χ2n) is 25.3. The predicted molar refractivity (Wildman–Crippen MR) is 373 cm³/mol. The molecular weight excluding hydrogens is 1210 g/mol. The molecule has 0 spiro atoms. The van der Waals surface area contributed by atoms with Gasteiger partial charge < -0.3 is 89.9 Å². The maximum atomic E-state index is 13.4. The van der Waals surface area contributed by atoms with Crippen molar-refractivity contribution in [3.63, 3.8) is 0 Å². The number of aliphatic hydroxyl groups excluding tert-OH is 11. The van der Waals surface area contributed by atoms with Crippen LogP contribution in [0.1, 0.15) is 219 Å². The molecule has 19 heteroatoms. The lowest BCUT2D eigenvalue weighted by atomic mass is 9.96. The average Bonchev–Trinajstić information content (AvgIpc) is 0.787. The summed E-state index contributed by atoms with van der Waals surface area (Å²) in [6.45, 7) is 1.57. The van der Waals surface area contributed by atoms with E-state index in [1.54, 1.807) is 6.08 Å². The molecule has 3 rings (SSSR count). The first-order valence-corrected chi connectivity index (χ1v) is 36.3. The zero-order valence-electron chi connectivity index (χ0n) is 57.6. The molecule has 0 radical (unpaired) electrons. The lowest BCUT2D eigenvalue weighted by Gasteiger charge is -2.48. The number of carbonyl (C=O) groups excluding carboxylic acids is 1. The molecule has 0 bridgehead atoms. The zero-order valence-corrected chi connectivity index (χ0v) is 57.6. The predicted octanol–water partition coefficient (Wildman–Crippen LogP) is 10.4. The van der Waals surface area contributed by atoms with Crippen LogP contribution in [0.5, 0.6) is 0 Å². The average molecular weight is 1340 g/mol. The SMILES string of the molecule is CC/C=C\C/C=C\C/C=C\C/C=C\C/C=C\C/C=C\C/C=C\CCCCCCCCCCCC(=O)NC(COC1OC(CO)C(OC2OC(CO)C(OC3OC(CO)C(O)C(O)C3O)C(O)C2O)C(O)C1O)C(O)/C=C/CC/C=C/CC/C=C/CCCCCCCCCCC. The van der Waals surface area contributed by atoms with Gasteiger partial charge >= 0.3 is 0 Å². The van der Waals surface area contributed by atoms with Crippen molar-refractivity contribution in [3.8, 4) is 0 Å². The number of nitrogens with one attached hydrogen (secondary N) is 1. The van der Waals surface area contributed by atoms with Gasteiger partial charge in [0.1, 0.15) is 73.2 Å². The van der Waals surface area contributed by atoms with Crippen LogP contribution in [0.25, 0.3) is 0 Å². The highest BCUT2D eigenvalue weighted by atomic mass is 16.8. The van der Waals surface area contributed by atoms with Crippen LogP contribution >= 0.6 is 0 Å². The third-order valence-electron chi connectivity index (χ3n) is 17.2. The third-order valence-corrected chi connectivity index (χ3v) is 17.2. The lowest BCUT2D eigenvalue weighted by molar-refractivity contribution is -0.379. The molecule has 0 saturated carbocycles. The number of hydrogen-bond acceptors (Lipinski definition) is 18. The van der Waals surface area contributed by atoms with E-state index in [1.165, 1.54) is 83.5 Å². The van der Waals surface area contributed by atoms with E-state index in [0.717, 1.165) is 103 Å². The van der Waals surface area contributed by atoms with Crippen molar-refractivity contribution in [2.75, 3.05) is 26.4 Å². The van der Waals surface area contributed by atoms with Gasteiger partial charge in [0.2, 0.25) is 5.91 Å². The van der Waals surface area contributed by atoms with Gasteiger partial charge in [0.05, 0.1) is 38.6 Å². The van der Waals surface area contributed by atoms with Crippen molar-refractivity contribution in [3.05, 3.63) is 122 Å². The number of amides is 1. The molecule has 17 unspecified atom stereocenters. The van der Waals surface area contributed by atoms with Crippen LogP contribution in [0.15, 0.2) is 122 Å². The van der Waals surface area contributed by atoms with Gasteiger partial charge in [-0.15, -0.1) is 0 Å². The number of rotatable bonds is 54. The van der Waals surface area contributed by atoms with E-state index < -0.39 is 124 Å². The van der Waals surface area contributed by atoms with Gasteiger partial charge in [-0.05, 0) is 103 Å². The molecule has 0 aromatic heterocycles. The van der Waals surface area contributed by atoms with Gasteiger partial charge in [-0.25, -0.2) is 0 Å². The van der Waals surface area contributed by atoms with Gasteiger partial charge in [-0.2, -0.15) is 0 Å². The van der Waals surface area contributed by atoms with Crippen molar-refractivity contribution in [1.29, 1.82) is 0 Å². The van der Waals surface area contributed by atoms with Crippen molar-refractivity contribution < 1.29 is 89.4 Å². The second-order valence-corrected chi connectivity index (χ2v) is 25.3. The molecule has 3 saturated heterocycles.